The van der Waals surface area contributed by atoms with Gasteiger partial charge >= 0.3 is 0 Å². The van der Waals surface area contributed by atoms with E-state index in [9.17, 15) is 13.2 Å². The topological polar surface area (TPSA) is 119 Å². The van der Waals surface area contributed by atoms with Crippen LogP contribution in [0.4, 0.5) is 5.69 Å². The molecule has 0 unspecified atom stereocenters. The van der Waals surface area contributed by atoms with Gasteiger partial charge in [-0.25, -0.2) is 27.8 Å². The number of nitrogens with zero attached hydrogens (tertiary/aromatic N) is 4. The second kappa shape index (κ2) is 8.39. The highest BCUT2D eigenvalue weighted by Crippen LogP contribution is 2.18. The molecule has 10 heteroatoms. The molecular weight excluding hydrogens is 404 g/mol. The Kier molecular flexibility index (Phi) is 5.50. The lowest BCUT2D eigenvalue weighted by Gasteiger charge is -2.09. The quantitative estimate of drug-likeness (QED) is 0.471. The highest BCUT2D eigenvalue weighted by Gasteiger charge is 2.15. The first-order chi connectivity index (χ1) is 14.5. The minimum absolute atomic E-state index is 0.0162. The number of pyridine rings is 1. The monoisotopic (exact) mass is 422 g/mol. The molecule has 0 radical (unpaired) electrons. The van der Waals surface area contributed by atoms with Crippen molar-refractivity contribution >= 4 is 32.4 Å². The number of fused-ring (bicyclic) bond motifs is 1. The molecule has 0 bridgehead atoms. The number of sulfonamides is 1. The third-order valence-electron chi connectivity index (χ3n) is 4.36. The predicted molar refractivity (Wildman–Crippen MR) is 112 cm³/mol. The van der Waals surface area contributed by atoms with Gasteiger partial charge in [0.25, 0.3) is 0 Å². The number of carbonyl (C=O) groups is 1. The van der Waals surface area contributed by atoms with E-state index in [1.807, 2.05) is 24.3 Å². The summed E-state index contributed by atoms with van der Waals surface area (Å²) < 4.78 is 29.0. The Morgan fingerprint density at radius 1 is 1.03 bits per heavy atom. The number of nitrogens with one attached hydrogen (secondary N) is 2. The van der Waals surface area contributed by atoms with Gasteiger partial charge in [0.1, 0.15) is 12.7 Å². The largest absolute Gasteiger partial charge is 0.325 e. The first-order valence-corrected chi connectivity index (χ1v) is 10.6. The lowest BCUT2D eigenvalue weighted by Crippen LogP contribution is -2.27. The maximum Gasteiger partial charge on any atom is 0.240 e. The zero-order chi connectivity index (χ0) is 21.0. The van der Waals surface area contributed by atoms with Gasteiger partial charge in [0.2, 0.25) is 15.9 Å². The zero-order valence-electron chi connectivity index (χ0n) is 15.8. The summed E-state index contributed by atoms with van der Waals surface area (Å²) >= 11 is 0. The first-order valence-electron chi connectivity index (χ1n) is 9.11. The summed E-state index contributed by atoms with van der Waals surface area (Å²) in [4.78, 5) is 20.3. The predicted octanol–water partition coefficient (Wildman–Crippen LogP) is 2.12. The van der Waals surface area contributed by atoms with Crippen LogP contribution in [0.2, 0.25) is 0 Å². The van der Waals surface area contributed by atoms with Crippen LogP contribution in [0, 0.1) is 0 Å². The van der Waals surface area contributed by atoms with Crippen molar-refractivity contribution < 1.29 is 13.2 Å². The normalized spacial score (nSPS) is 11.5. The minimum Gasteiger partial charge on any atom is -0.325 e. The maximum absolute atomic E-state index is 12.5. The number of hydrogen-bond acceptors (Lipinski definition) is 6. The van der Waals surface area contributed by atoms with Crippen LogP contribution in [0.3, 0.4) is 0 Å². The van der Waals surface area contributed by atoms with E-state index in [1.165, 1.54) is 23.5 Å². The summed E-state index contributed by atoms with van der Waals surface area (Å²) in [5, 5.41) is 8.45. The molecule has 2 heterocycles. The van der Waals surface area contributed by atoms with Crippen molar-refractivity contribution in [3.05, 3.63) is 73.4 Å². The molecule has 0 aliphatic heterocycles. The van der Waals surface area contributed by atoms with E-state index < -0.39 is 10.0 Å². The van der Waals surface area contributed by atoms with Crippen LogP contribution in [0.1, 0.15) is 6.42 Å². The van der Waals surface area contributed by atoms with Crippen LogP contribution in [0.25, 0.3) is 16.6 Å². The van der Waals surface area contributed by atoms with Gasteiger partial charge in [0.15, 0.2) is 5.82 Å². The van der Waals surface area contributed by atoms with E-state index in [1.54, 1.807) is 30.3 Å². The Balaban J connectivity index is 1.32. The highest BCUT2D eigenvalue weighted by molar-refractivity contribution is 7.89. The Labute approximate surface area is 172 Å². The molecule has 0 saturated carbocycles. The number of amides is 1. The second-order valence-corrected chi connectivity index (χ2v) is 8.22. The van der Waals surface area contributed by atoms with Crippen molar-refractivity contribution in [3.8, 4) is 5.82 Å². The molecule has 0 fully saturated rings. The molecule has 0 atom stereocenters. The van der Waals surface area contributed by atoms with Gasteiger partial charge in [-0.1, -0.05) is 30.3 Å². The van der Waals surface area contributed by atoms with E-state index in [-0.39, 0.29) is 23.8 Å². The molecule has 2 aromatic heterocycles. The van der Waals surface area contributed by atoms with Crippen molar-refractivity contribution in [2.75, 3.05) is 11.9 Å². The number of rotatable bonds is 7. The molecule has 0 aliphatic rings. The summed E-state index contributed by atoms with van der Waals surface area (Å²) in [6.07, 6.45) is 4.39. The van der Waals surface area contributed by atoms with Crippen molar-refractivity contribution in [2.24, 2.45) is 0 Å². The molecule has 9 nitrogen and oxygen atoms in total. The van der Waals surface area contributed by atoms with Crippen molar-refractivity contribution in [1.29, 1.82) is 0 Å². The fourth-order valence-corrected chi connectivity index (χ4v) is 3.93. The van der Waals surface area contributed by atoms with E-state index in [0.717, 1.165) is 10.8 Å². The summed E-state index contributed by atoms with van der Waals surface area (Å²) in [6.45, 7) is -0.0224. The Morgan fingerprint density at radius 2 is 1.87 bits per heavy atom. The van der Waals surface area contributed by atoms with Gasteiger partial charge in [0.05, 0.1) is 16.8 Å². The Morgan fingerprint density at radius 3 is 2.60 bits per heavy atom. The number of benzene rings is 2. The number of aromatic nitrogens is 4. The van der Waals surface area contributed by atoms with Gasteiger partial charge in [0, 0.05) is 13.0 Å². The molecule has 30 heavy (non-hydrogen) atoms. The number of anilines is 1. The Hall–Kier alpha value is -3.63. The van der Waals surface area contributed by atoms with Gasteiger partial charge in [-0.05, 0) is 35.0 Å². The van der Waals surface area contributed by atoms with E-state index in [4.69, 9.17) is 0 Å². The van der Waals surface area contributed by atoms with E-state index >= 15 is 0 Å². The van der Waals surface area contributed by atoms with Crippen molar-refractivity contribution in [1.82, 2.24) is 24.5 Å². The van der Waals surface area contributed by atoms with Crippen LogP contribution in [-0.2, 0) is 14.8 Å². The molecule has 1 amide bonds. The lowest BCUT2D eigenvalue weighted by atomic mass is 10.1. The van der Waals surface area contributed by atoms with Gasteiger partial charge < -0.3 is 5.32 Å². The fourth-order valence-electron chi connectivity index (χ4n) is 2.86. The summed E-state index contributed by atoms with van der Waals surface area (Å²) in [7, 11) is -3.71. The standard InChI is InChI=1S/C20H18N6O3S/c27-20(25-17-6-8-19(22-12-17)26-14-21-13-23-26)9-10-24-30(28,29)18-7-5-15-3-1-2-4-16(15)11-18/h1-8,11-14,24H,9-10H2,(H,25,27). The van der Waals surface area contributed by atoms with Gasteiger partial charge in [-0.2, -0.15) is 5.10 Å². The highest BCUT2D eigenvalue weighted by atomic mass is 32.2. The second-order valence-electron chi connectivity index (χ2n) is 6.45. The Bertz CT molecular complexity index is 1270. The summed E-state index contributed by atoms with van der Waals surface area (Å²) in [5.41, 5.74) is 0.501. The van der Waals surface area contributed by atoms with E-state index in [0.29, 0.717) is 11.5 Å². The average molecular weight is 422 g/mol. The van der Waals surface area contributed by atoms with E-state index in [2.05, 4.69) is 25.1 Å². The first kappa shape index (κ1) is 19.7. The fraction of sp³-hybridized carbons (Fsp3) is 0.100. The number of carbonyl (C=O) groups excluding carboxylic acids is 1. The van der Waals surface area contributed by atoms with Crippen LogP contribution in [-0.4, -0.2) is 40.6 Å². The lowest BCUT2D eigenvalue weighted by molar-refractivity contribution is -0.116. The minimum atomic E-state index is -3.71. The molecule has 2 N–H and O–H groups in total. The number of hydrogen-bond donors (Lipinski definition) is 2. The van der Waals surface area contributed by atoms with Crippen molar-refractivity contribution in [2.45, 2.75) is 11.3 Å². The summed E-state index contributed by atoms with van der Waals surface area (Å²) in [5.74, 6) is 0.236. The van der Waals surface area contributed by atoms with Crippen molar-refractivity contribution in [3.63, 3.8) is 0 Å². The molecule has 4 aromatic rings. The maximum atomic E-state index is 12.5. The molecule has 2 aromatic carbocycles. The molecule has 4 rings (SSSR count). The molecule has 152 valence electrons. The van der Waals surface area contributed by atoms with Crippen LogP contribution in [0.5, 0.6) is 0 Å². The van der Waals surface area contributed by atoms with Crippen LogP contribution in [0.15, 0.2) is 78.3 Å². The molecule has 0 aliphatic carbocycles. The average Bonchev–Trinajstić information content (AvgIpc) is 3.29. The third-order valence-corrected chi connectivity index (χ3v) is 5.82. The SMILES string of the molecule is O=C(CCNS(=O)(=O)c1ccc2ccccc2c1)Nc1ccc(-n2cncn2)nc1. The van der Waals surface area contributed by atoms with Gasteiger partial charge in [-0.3, -0.25) is 4.79 Å². The third kappa shape index (κ3) is 4.50. The zero-order valence-corrected chi connectivity index (χ0v) is 16.6. The molecule has 0 saturated heterocycles. The molecular formula is C20H18N6O3S. The molecule has 0 spiro atoms. The van der Waals surface area contributed by atoms with Crippen LogP contribution >= 0.6 is 0 Å². The smallest absolute Gasteiger partial charge is 0.240 e. The van der Waals surface area contributed by atoms with Crippen LogP contribution < -0.4 is 10.0 Å². The van der Waals surface area contributed by atoms with Gasteiger partial charge in [-0.15, -0.1) is 0 Å². The summed E-state index contributed by atoms with van der Waals surface area (Å²) in [6, 6.07) is 15.8.